The van der Waals surface area contributed by atoms with E-state index in [2.05, 4.69) is 32.5 Å². The van der Waals surface area contributed by atoms with Gasteiger partial charge in [-0.1, -0.05) is 29.0 Å². The van der Waals surface area contributed by atoms with Crippen molar-refractivity contribution in [1.29, 1.82) is 0 Å². The van der Waals surface area contributed by atoms with Crippen LogP contribution in [0.25, 0.3) is 0 Å². The van der Waals surface area contributed by atoms with Crippen LogP contribution in [0.2, 0.25) is 0 Å². The largest absolute Gasteiger partial charge is 0.359 e. The van der Waals surface area contributed by atoms with Crippen LogP contribution in [0.5, 0.6) is 0 Å². The molecular formula is C9H15IN2. The predicted octanol–water partition coefficient (Wildman–Crippen LogP) is 2.08. The molecule has 0 N–H and O–H groups in total. The van der Waals surface area contributed by atoms with Crippen molar-refractivity contribution in [3.8, 4) is 0 Å². The van der Waals surface area contributed by atoms with Gasteiger partial charge in [0, 0.05) is 19.6 Å². The first-order valence-corrected chi connectivity index (χ1v) is 6.06. The first-order chi connectivity index (χ1) is 5.88. The fraction of sp³-hybridized carbons (Fsp3) is 0.889. The third-order valence-electron chi connectivity index (χ3n) is 2.60. The summed E-state index contributed by atoms with van der Waals surface area (Å²) in [4.78, 5) is 7.12. The third-order valence-corrected chi connectivity index (χ3v) is 3.78. The molecule has 0 aliphatic carbocycles. The summed E-state index contributed by atoms with van der Waals surface area (Å²) in [5.41, 5.74) is 0. The van der Waals surface area contributed by atoms with E-state index in [0.29, 0.717) is 3.92 Å². The molecule has 0 aromatic carbocycles. The van der Waals surface area contributed by atoms with Crippen molar-refractivity contribution in [3.63, 3.8) is 0 Å². The van der Waals surface area contributed by atoms with Crippen molar-refractivity contribution < 1.29 is 0 Å². The van der Waals surface area contributed by atoms with Gasteiger partial charge in [0.2, 0.25) is 0 Å². The van der Waals surface area contributed by atoms with Crippen LogP contribution >= 0.6 is 22.6 Å². The second kappa shape index (κ2) is 3.94. The monoisotopic (exact) mass is 278 g/mol. The highest BCUT2D eigenvalue weighted by molar-refractivity contribution is 14.1. The Morgan fingerprint density at radius 3 is 3.00 bits per heavy atom. The molecule has 2 heterocycles. The van der Waals surface area contributed by atoms with E-state index in [1.54, 1.807) is 0 Å². The maximum absolute atomic E-state index is 4.63. The number of fused-ring (bicyclic) bond motifs is 1. The number of nitrogens with zero attached hydrogens (tertiary/aromatic N) is 2. The van der Waals surface area contributed by atoms with E-state index in [4.69, 9.17) is 0 Å². The molecule has 2 aliphatic heterocycles. The van der Waals surface area contributed by atoms with E-state index in [-0.39, 0.29) is 0 Å². The Hall–Kier alpha value is 0.200. The first kappa shape index (κ1) is 8.78. The van der Waals surface area contributed by atoms with E-state index in [0.717, 1.165) is 6.54 Å². The molecule has 2 aliphatic rings. The summed E-state index contributed by atoms with van der Waals surface area (Å²) in [5, 5.41) is 0. The van der Waals surface area contributed by atoms with Crippen molar-refractivity contribution in [2.75, 3.05) is 19.6 Å². The maximum atomic E-state index is 4.63. The van der Waals surface area contributed by atoms with Crippen LogP contribution in [-0.2, 0) is 0 Å². The molecule has 1 fully saturated rings. The van der Waals surface area contributed by atoms with Crippen molar-refractivity contribution in [2.24, 2.45) is 4.99 Å². The standard InChI is InChI=1S/C9H15IN2/c10-8-4-1-2-6-12-7-3-5-11-9(8)12/h8H,1-7H2. The van der Waals surface area contributed by atoms with Gasteiger partial charge in [0.15, 0.2) is 0 Å². The minimum Gasteiger partial charge on any atom is -0.359 e. The Kier molecular flexibility index (Phi) is 2.88. The smallest absolute Gasteiger partial charge is 0.112 e. The Morgan fingerprint density at radius 1 is 1.25 bits per heavy atom. The average molecular weight is 278 g/mol. The lowest BCUT2D eigenvalue weighted by Crippen LogP contribution is -2.39. The molecule has 2 rings (SSSR count). The summed E-state index contributed by atoms with van der Waals surface area (Å²) in [7, 11) is 0. The third kappa shape index (κ3) is 1.75. The Bertz CT molecular complexity index is 191. The molecule has 2 nitrogen and oxygen atoms in total. The molecular weight excluding hydrogens is 263 g/mol. The Balaban J connectivity index is 2.14. The van der Waals surface area contributed by atoms with E-state index >= 15 is 0 Å². The minimum absolute atomic E-state index is 0.686. The van der Waals surface area contributed by atoms with Crippen molar-refractivity contribution >= 4 is 28.4 Å². The second-order valence-electron chi connectivity index (χ2n) is 3.54. The fourth-order valence-electron chi connectivity index (χ4n) is 1.95. The lowest BCUT2D eigenvalue weighted by molar-refractivity contribution is 0.392. The number of hydrogen-bond acceptors (Lipinski definition) is 2. The number of alkyl halides is 1. The molecule has 0 radical (unpaired) electrons. The summed E-state index contributed by atoms with van der Waals surface area (Å²) >= 11 is 2.54. The van der Waals surface area contributed by atoms with Gasteiger partial charge in [-0.15, -0.1) is 0 Å². The lowest BCUT2D eigenvalue weighted by atomic mass is 10.2. The highest BCUT2D eigenvalue weighted by Gasteiger charge is 2.23. The van der Waals surface area contributed by atoms with Crippen LogP contribution in [0.4, 0.5) is 0 Å². The van der Waals surface area contributed by atoms with E-state index in [1.165, 1.54) is 44.6 Å². The van der Waals surface area contributed by atoms with Gasteiger partial charge in [-0.25, -0.2) is 0 Å². The number of halogens is 1. The summed E-state index contributed by atoms with van der Waals surface area (Å²) in [5.74, 6) is 1.39. The maximum Gasteiger partial charge on any atom is 0.112 e. The van der Waals surface area contributed by atoms with Crippen LogP contribution < -0.4 is 0 Å². The van der Waals surface area contributed by atoms with Crippen LogP contribution in [0.15, 0.2) is 4.99 Å². The number of hydrogen-bond donors (Lipinski definition) is 0. The summed E-state index contributed by atoms with van der Waals surface area (Å²) < 4.78 is 0.686. The van der Waals surface area contributed by atoms with Crippen molar-refractivity contribution in [1.82, 2.24) is 4.90 Å². The molecule has 0 aromatic rings. The normalized spacial score (nSPS) is 30.6. The van der Waals surface area contributed by atoms with Gasteiger partial charge in [-0.05, 0) is 19.3 Å². The van der Waals surface area contributed by atoms with Crippen LogP contribution in [0.3, 0.4) is 0 Å². The van der Waals surface area contributed by atoms with Crippen LogP contribution in [-0.4, -0.2) is 34.3 Å². The van der Waals surface area contributed by atoms with Crippen molar-refractivity contribution in [2.45, 2.75) is 29.6 Å². The zero-order valence-electron chi connectivity index (χ0n) is 7.30. The molecule has 0 spiro atoms. The van der Waals surface area contributed by atoms with Gasteiger partial charge in [-0.2, -0.15) is 0 Å². The topological polar surface area (TPSA) is 15.6 Å². The van der Waals surface area contributed by atoms with Crippen LogP contribution in [0, 0.1) is 0 Å². The molecule has 3 heteroatoms. The summed E-state index contributed by atoms with van der Waals surface area (Å²) in [6, 6.07) is 0. The Morgan fingerprint density at radius 2 is 2.08 bits per heavy atom. The molecule has 68 valence electrons. The van der Waals surface area contributed by atoms with E-state index < -0.39 is 0 Å². The van der Waals surface area contributed by atoms with Crippen molar-refractivity contribution in [3.05, 3.63) is 0 Å². The summed E-state index contributed by atoms with van der Waals surface area (Å²) in [6.07, 6.45) is 5.32. The summed E-state index contributed by atoms with van der Waals surface area (Å²) in [6.45, 7) is 3.56. The van der Waals surface area contributed by atoms with Crippen LogP contribution in [0.1, 0.15) is 25.7 Å². The Labute approximate surface area is 87.6 Å². The van der Waals surface area contributed by atoms with E-state index in [9.17, 15) is 0 Å². The number of aliphatic imine (C=N–C) groups is 1. The highest BCUT2D eigenvalue weighted by Crippen LogP contribution is 2.21. The minimum atomic E-state index is 0.686. The molecule has 0 aromatic heterocycles. The number of rotatable bonds is 0. The lowest BCUT2D eigenvalue weighted by Gasteiger charge is -2.29. The molecule has 0 amide bonds. The second-order valence-corrected chi connectivity index (χ2v) is 5.05. The number of amidine groups is 1. The molecule has 1 saturated heterocycles. The molecule has 0 bridgehead atoms. The fourth-order valence-corrected chi connectivity index (χ4v) is 2.98. The van der Waals surface area contributed by atoms with Gasteiger partial charge >= 0.3 is 0 Å². The zero-order chi connectivity index (χ0) is 8.39. The van der Waals surface area contributed by atoms with E-state index in [1.807, 2.05) is 0 Å². The van der Waals surface area contributed by atoms with Gasteiger partial charge in [0.05, 0.1) is 3.92 Å². The molecule has 0 saturated carbocycles. The molecule has 1 atom stereocenters. The quantitative estimate of drug-likeness (QED) is 0.489. The van der Waals surface area contributed by atoms with Gasteiger partial charge in [0.1, 0.15) is 5.84 Å². The first-order valence-electron chi connectivity index (χ1n) is 4.81. The zero-order valence-corrected chi connectivity index (χ0v) is 9.46. The molecule has 1 unspecified atom stereocenters. The van der Waals surface area contributed by atoms with Gasteiger partial charge < -0.3 is 4.90 Å². The van der Waals surface area contributed by atoms with Gasteiger partial charge in [0.25, 0.3) is 0 Å². The predicted molar refractivity (Wildman–Crippen MR) is 60.2 cm³/mol. The highest BCUT2D eigenvalue weighted by atomic mass is 127. The average Bonchev–Trinajstić information content (AvgIpc) is 2.29. The molecule has 12 heavy (non-hydrogen) atoms. The SMILES string of the molecule is IC1CCCCN2CCCN=C12. The van der Waals surface area contributed by atoms with Gasteiger partial charge in [-0.3, -0.25) is 4.99 Å².